The van der Waals surface area contributed by atoms with Crippen molar-refractivity contribution in [2.24, 2.45) is 0 Å². The minimum atomic E-state index is 0.301. The summed E-state index contributed by atoms with van der Waals surface area (Å²) in [5.41, 5.74) is 5.45. The van der Waals surface area contributed by atoms with Crippen LogP contribution in [-0.4, -0.2) is 5.11 Å². The summed E-state index contributed by atoms with van der Waals surface area (Å²) < 4.78 is 0. The van der Waals surface area contributed by atoms with Gasteiger partial charge in [-0.05, 0) is 37.5 Å². The first-order valence-electron chi connectivity index (χ1n) is 7.35. The molecule has 21 heavy (non-hydrogen) atoms. The third-order valence-electron chi connectivity index (χ3n) is 3.45. The van der Waals surface area contributed by atoms with Crippen LogP contribution in [0.1, 0.15) is 35.6 Å². The van der Waals surface area contributed by atoms with E-state index in [0.717, 1.165) is 23.1 Å². The fraction of sp³-hybridized carbons (Fsp3) is 0.200. The van der Waals surface area contributed by atoms with Crippen molar-refractivity contribution in [3.05, 3.63) is 82.9 Å². The third kappa shape index (κ3) is 4.09. The molecule has 0 aliphatic rings. The van der Waals surface area contributed by atoms with Crippen molar-refractivity contribution in [2.75, 3.05) is 0 Å². The summed E-state index contributed by atoms with van der Waals surface area (Å²) in [6.07, 6.45) is 4.91. The average Bonchev–Trinajstić information content (AvgIpc) is 2.48. The highest BCUT2D eigenvalue weighted by Crippen LogP contribution is 2.22. The molecule has 2 rings (SSSR count). The van der Waals surface area contributed by atoms with E-state index in [1.165, 1.54) is 11.1 Å². The van der Waals surface area contributed by atoms with E-state index < -0.39 is 0 Å². The minimum absolute atomic E-state index is 0.301. The summed E-state index contributed by atoms with van der Waals surface area (Å²) in [5, 5.41) is 10.3. The zero-order valence-electron chi connectivity index (χ0n) is 12.9. The highest BCUT2D eigenvalue weighted by atomic mass is 16.3. The maximum absolute atomic E-state index is 10.3. The van der Waals surface area contributed by atoms with Crippen LogP contribution in [0, 0.1) is 13.8 Å². The van der Waals surface area contributed by atoms with Crippen LogP contribution in [0.4, 0.5) is 0 Å². The highest BCUT2D eigenvalue weighted by Gasteiger charge is 2.03. The number of hydrogen-bond acceptors (Lipinski definition) is 1. The Bertz CT molecular complexity index is 643. The van der Waals surface area contributed by atoms with E-state index in [9.17, 15) is 5.11 Å². The number of hydrogen-bond donors (Lipinski definition) is 1. The molecule has 0 bridgehead atoms. The number of aliphatic hydroxyl groups excluding tert-OH is 1. The van der Waals surface area contributed by atoms with Gasteiger partial charge < -0.3 is 5.11 Å². The van der Waals surface area contributed by atoms with Crippen LogP contribution in [0.15, 0.2) is 60.7 Å². The Morgan fingerprint density at radius 1 is 0.857 bits per heavy atom. The fourth-order valence-electron chi connectivity index (χ4n) is 2.18. The van der Waals surface area contributed by atoms with Gasteiger partial charge in [0.2, 0.25) is 0 Å². The van der Waals surface area contributed by atoms with Crippen LogP contribution in [0.3, 0.4) is 0 Å². The summed E-state index contributed by atoms with van der Waals surface area (Å²) in [4.78, 5) is 0. The fourth-order valence-corrected chi connectivity index (χ4v) is 2.18. The van der Waals surface area contributed by atoms with Crippen LogP contribution < -0.4 is 0 Å². The molecule has 0 unspecified atom stereocenters. The zero-order chi connectivity index (χ0) is 15.2. The molecule has 1 N–H and O–H groups in total. The molecular weight excluding hydrogens is 256 g/mol. The normalized spacial score (nSPS) is 12.5. The van der Waals surface area contributed by atoms with Crippen LogP contribution in [0.2, 0.25) is 0 Å². The molecule has 2 aromatic rings. The first-order valence-corrected chi connectivity index (χ1v) is 7.35. The van der Waals surface area contributed by atoms with E-state index in [0.29, 0.717) is 5.76 Å². The maximum Gasteiger partial charge on any atom is 0.123 e. The number of aryl methyl sites for hydroxylation is 2. The molecular formula is C20H22O. The van der Waals surface area contributed by atoms with Crippen molar-refractivity contribution in [1.29, 1.82) is 0 Å². The second kappa shape index (κ2) is 6.94. The molecule has 0 heterocycles. The molecule has 0 aliphatic carbocycles. The van der Waals surface area contributed by atoms with Crippen molar-refractivity contribution in [1.82, 2.24) is 0 Å². The Kier molecular flexibility index (Phi) is 4.99. The van der Waals surface area contributed by atoms with Crippen LogP contribution >= 0.6 is 0 Å². The number of benzene rings is 2. The molecule has 0 amide bonds. The quantitative estimate of drug-likeness (QED) is 0.562. The number of rotatable bonds is 4. The SMILES string of the molecule is CC/C=C(\C=C(/O)c1ccc(C)cc1)c1ccc(C)cc1. The Morgan fingerprint density at radius 3 is 1.81 bits per heavy atom. The van der Waals surface area contributed by atoms with Crippen LogP contribution in [0.25, 0.3) is 11.3 Å². The standard InChI is InChI=1S/C20H22O/c1-4-5-19(17-10-6-15(2)7-11-17)14-20(21)18-12-8-16(3)9-13-18/h5-14,21H,4H2,1-3H3/b19-5+,20-14-. The lowest BCUT2D eigenvalue weighted by atomic mass is 10.0. The zero-order valence-corrected chi connectivity index (χ0v) is 12.9. The molecule has 0 saturated heterocycles. The van der Waals surface area contributed by atoms with Gasteiger partial charge in [-0.1, -0.05) is 72.7 Å². The van der Waals surface area contributed by atoms with Gasteiger partial charge in [-0.2, -0.15) is 0 Å². The topological polar surface area (TPSA) is 20.2 Å². The molecule has 0 atom stereocenters. The van der Waals surface area contributed by atoms with Gasteiger partial charge in [-0.25, -0.2) is 0 Å². The first-order chi connectivity index (χ1) is 10.1. The van der Waals surface area contributed by atoms with Gasteiger partial charge in [-0.3, -0.25) is 0 Å². The number of allylic oxidation sites excluding steroid dienone is 3. The predicted octanol–water partition coefficient (Wildman–Crippen LogP) is 5.70. The molecule has 0 spiro atoms. The van der Waals surface area contributed by atoms with Crippen molar-refractivity contribution in [3.8, 4) is 0 Å². The number of aliphatic hydroxyl groups is 1. The van der Waals surface area contributed by atoms with Crippen molar-refractivity contribution >= 4 is 11.3 Å². The molecule has 1 heteroatoms. The summed E-state index contributed by atoms with van der Waals surface area (Å²) in [7, 11) is 0. The minimum Gasteiger partial charge on any atom is -0.507 e. The lowest BCUT2D eigenvalue weighted by molar-refractivity contribution is 0.512. The van der Waals surface area contributed by atoms with E-state index in [-0.39, 0.29) is 0 Å². The summed E-state index contributed by atoms with van der Waals surface area (Å²) >= 11 is 0. The molecule has 0 saturated carbocycles. The Labute approximate surface area is 127 Å². The van der Waals surface area contributed by atoms with Gasteiger partial charge in [0.05, 0.1) is 0 Å². The summed E-state index contributed by atoms with van der Waals surface area (Å²) in [6, 6.07) is 16.3. The van der Waals surface area contributed by atoms with Gasteiger partial charge in [0.1, 0.15) is 5.76 Å². The van der Waals surface area contributed by atoms with E-state index in [1.807, 2.05) is 37.3 Å². The van der Waals surface area contributed by atoms with Crippen molar-refractivity contribution in [3.63, 3.8) is 0 Å². The summed E-state index contributed by atoms with van der Waals surface area (Å²) in [5.74, 6) is 0.301. The van der Waals surface area contributed by atoms with Crippen molar-refractivity contribution in [2.45, 2.75) is 27.2 Å². The lowest BCUT2D eigenvalue weighted by Crippen LogP contribution is -1.87. The highest BCUT2D eigenvalue weighted by molar-refractivity contribution is 5.81. The molecule has 108 valence electrons. The average molecular weight is 278 g/mol. The van der Waals surface area contributed by atoms with Gasteiger partial charge in [-0.15, -0.1) is 0 Å². The third-order valence-corrected chi connectivity index (χ3v) is 3.45. The first kappa shape index (κ1) is 15.1. The van der Waals surface area contributed by atoms with Crippen LogP contribution in [-0.2, 0) is 0 Å². The Morgan fingerprint density at radius 2 is 1.33 bits per heavy atom. The van der Waals surface area contributed by atoms with Crippen LogP contribution in [0.5, 0.6) is 0 Å². The second-order valence-electron chi connectivity index (χ2n) is 5.33. The monoisotopic (exact) mass is 278 g/mol. The molecule has 0 radical (unpaired) electrons. The van der Waals surface area contributed by atoms with Gasteiger partial charge in [0.15, 0.2) is 0 Å². The summed E-state index contributed by atoms with van der Waals surface area (Å²) in [6.45, 7) is 6.22. The Balaban J connectivity index is 2.35. The van der Waals surface area contributed by atoms with E-state index in [4.69, 9.17) is 0 Å². The van der Waals surface area contributed by atoms with Gasteiger partial charge in [0.25, 0.3) is 0 Å². The molecule has 2 aromatic carbocycles. The van der Waals surface area contributed by atoms with Gasteiger partial charge in [0, 0.05) is 5.56 Å². The smallest absolute Gasteiger partial charge is 0.123 e. The second-order valence-corrected chi connectivity index (χ2v) is 5.33. The lowest BCUT2D eigenvalue weighted by Gasteiger charge is -2.06. The van der Waals surface area contributed by atoms with Crippen molar-refractivity contribution < 1.29 is 5.11 Å². The molecule has 0 aromatic heterocycles. The Hall–Kier alpha value is -2.28. The predicted molar refractivity (Wildman–Crippen MR) is 91.2 cm³/mol. The van der Waals surface area contributed by atoms with E-state index >= 15 is 0 Å². The molecule has 0 aliphatic heterocycles. The largest absolute Gasteiger partial charge is 0.507 e. The molecule has 1 nitrogen and oxygen atoms in total. The van der Waals surface area contributed by atoms with E-state index in [2.05, 4.69) is 44.2 Å². The van der Waals surface area contributed by atoms with E-state index in [1.54, 1.807) is 0 Å². The maximum atomic E-state index is 10.3. The van der Waals surface area contributed by atoms with Gasteiger partial charge >= 0.3 is 0 Å². The molecule has 0 fully saturated rings.